The van der Waals surface area contributed by atoms with Gasteiger partial charge in [0, 0.05) is 39.0 Å². The Kier molecular flexibility index (Phi) is 8.72. The minimum absolute atomic E-state index is 0.0950. The number of rotatable bonds is 9. The van der Waals surface area contributed by atoms with Crippen molar-refractivity contribution in [3.8, 4) is 0 Å². The molecular formula is C26H41N7O6. The molecule has 0 bridgehead atoms. The number of nitrogens with zero attached hydrogens (tertiary/aromatic N) is 4. The van der Waals surface area contributed by atoms with Crippen molar-refractivity contribution in [1.29, 1.82) is 0 Å². The van der Waals surface area contributed by atoms with Crippen molar-refractivity contribution in [3.05, 3.63) is 11.9 Å². The SMILES string of the molecule is CC(C)(O)c1cnnn1C1C[C@@H](C(=O)NC2(C(=O)C(N)=O)CCOCC2)N(C(=O)[C@H](N)CC2CCCCC2)C1. The molecule has 1 aromatic heterocycles. The fourth-order valence-corrected chi connectivity index (χ4v) is 6.21. The number of likely N-dealkylation sites (tertiary alicyclic amines) is 1. The molecule has 2 saturated heterocycles. The van der Waals surface area contributed by atoms with Crippen LogP contribution in [0.5, 0.6) is 0 Å². The quantitative estimate of drug-likeness (QED) is 0.299. The summed E-state index contributed by atoms with van der Waals surface area (Å²) in [5, 5.41) is 21.5. The maximum absolute atomic E-state index is 13.8. The summed E-state index contributed by atoms with van der Waals surface area (Å²) in [4.78, 5) is 53.6. The molecule has 0 radical (unpaired) electrons. The number of nitrogens with two attached hydrogens (primary N) is 2. The van der Waals surface area contributed by atoms with Gasteiger partial charge in [-0.1, -0.05) is 37.3 Å². The molecule has 3 atom stereocenters. The molecule has 39 heavy (non-hydrogen) atoms. The number of aliphatic hydroxyl groups is 1. The van der Waals surface area contributed by atoms with Crippen molar-refractivity contribution in [1.82, 2.24) is 25.2 Å². The van der Waals surface area contributed by atoms with Gasteiger partial charge >= 0.3 is 0 Å². The van der Waals surface area contributed by atoms with E-state index in [1.54, 1.807) is 18.5 Å². The maximum atomic E-state index is 13.8. The molecule has 0 spiro atoms. The second-order valence-electron chi connectivity index (χ2n) is 11.7. The van der Waals surface area contributed by atoms with Gasteiger partial charge in [0.1, 0.15) is 17.2 Å². The minimum atomic E-state index is -1.50. The summed E-state index contributed by atoms with van der Waals surface area (Å²) in [6, 6.07) is -2.22. The van der Waals surface area contributed by atoms with Crippen molar-refractivity contribution < 1.29 is 29.0 Å². The highest BCUT2D eigenvalue weighted by Crippen LogP contribution is 2.34. The summed E-state index contributed by atoms with van der Waals surface area (Å²) < 4.78 is 6.90. The zero-order valence-corrected chi connectivity index (χ0v) is 22.8. The Morgan fingerprint density at radius 2 is 1.87 bits per heavy atom. The van der Waals surface area contributed by atoms with Crippen LogP contribution in [-0.4, -0.2) is 85.9 Å². The van der Waals surface area contributed by atoms with Gasteiger partial charge in [-0.3, -0.25) is 19.2 Å². The third-order valence-electron chi connectivity index (χ3n) is 8.41. The second-order valence-corrected chi connectivity index (χ2v) is 11.7. The van der Waals surface area contributed by atoms with Crippen LogP contribution >= 0.6 is 0 Å². The fourth-order valence-electron chi connectivity index (χ4n) is 6.21. The zero-order chi connectivity index (χ0) is 28.4. The number of carbonyl (C=O) groups excluding carboxylic acids is 4. The molecule has 6 N–H and O–H groups in total. The van der Waals surface area contributed by atoms with Crippen LogP contribution in [0.3, 0.4) is 0 Å². The predicted octanol–water partition coefficient (Wildman–Crippen LogP) is -0.335. The topological polar surface area (TPSA) is 196 Å². The Balaban J connectivity index is 1.60. The lowest BCUT2D eigenvalue weighted by Gasteiger charge is -2.37. The van der Waals surface area contributed by atoms with E-state index in [-0.39, 0.29) is 44.9 Å². The molecule has 13 heteroatoms. The highest BCUT2D eigenvalue weighted by molar-refractivity contribution is 6.39. The Bertz CT molecular complexity index is 1070. The molecule has 3 aliphatic rings. The average Bonchev–Trinajstić information content (AvgIpc) is 3.56. The highest BCUT2D eigenvalue weighted by Gasteiger charge is 2.49. The van der Waals surface area contributed by atoms with Crippen LogP contribution in [0.25, 0.3) is 0 Å². The van der Waals surface area contributed by atoms with E-state index in [2.05, 4.69) is 15.6 Å². The van der Waals surface area contributed by atoms with Gasteiger partial charge in [-0.25, -0.2) is 4.68 Å². The van der Waals surface area contributed by atoms with E-state index in [4.69, 9.17) is 16.2 Å². The molecule has 2 aliphatic heterocycles. The van der Waals surface area contributed by atoms with E-state index in [1.807, 2.05) is 0 Å². The van der Waals surface area contributed by atoms with Gasteiger partial charge in [0.05, 0.1) is 24.0 Å². The van der Waals surface area contributed by atoms with Gasteiger partial charge in [-0.05, 0) is 26.2 Å². The summed E-state index contributed by atoms with van der Waals surface area (Å²) in [5.41, 5.74) is 9.44. The number of hydrogen-bond acceptors (Lipinski definition) is 9. The Morgan fingerprint density at radius 3 is 2.49 bits per heavy atom. The first-order chi connectivity index (χ1) is 18.4. The third-order valence-corrected chi connectivity index (χ3v) is 8.41. The van der Waals surface area contributed by atoms with Gasteiger partial charge in [-0.15, -0.1) is 5.10 Å². The van der Waals surface area contributed by atoms with E-state index in [0.717, 1.165) is 25.7 Å². The van der Waals surface area contributed by atoms with Crippen LogP contribution < -0.4 is 16.8 Å². The lowest BCUT2D eigenvalue weighted by atomic mass is 9.84. The van der Waals surface area contributed by atoms with E-state index in [9.17, 15) is 24.3 Å². The van der Waals surface area contributed by atoms with Gasteiger partial charge in [-0.2, -0.15) is 0 Å². The van der Waals surface area contributed by atoms with Crippen LogP contribution in [0.15, 0.2) is 6.20 Å². The summed E-state index contributed by atoms with van der Waals surface area (Å²) in [6.45, 7) is 3.69. The van der Waals surface area contributed by atoms with E-state index in [1.165, 1.54) is 17.5 Å². The first-order valence-electron chi connectivity index (χ1n) is 13.9. The molecule has 1 saturated carbocycles. The van der Waals surface area contributed by atoms with E-state index in [0.29, 0.717) is 18.0 Å². The molecular weight excluding hydrogens is 506 g/mol. The number of nitrogens with one attached hydrogen (secondary N) is 1. The Hall–Kier alpha value is -2.90. The third kappa shape index (κ3) is 6.30. The molecule has 3 fully saturated rings. The number of amides is 3. The second kappa shape index (κ2) is 11.7. The van der Waals surface area contributed by atoms with Crippen molar-refractivity contribution in [3.63, 3.8) is 0 Å². The number of ether oxygens (including phenoxy) is 1. The zero-order valence-electron chi connectivity index (χ0n) is 22.8. The number of hydrogen-bond donors (Lipinski definition) is 4. The summed E-state index contributed by atoms with van der Waals surface area (Å²) in [7, 11) is 0. The normalized spacial score (nSPS) is 24.8. The fraction of sp³-hybridized carbons (Fsp3) is 0.769. The lowest BCUT2D eigenvalue weighted by Crippen LogP contribution is -2.63. The minimum Gasteiger partial charge on any atom is -0.384 e. The molecule has 216 valence electrons. The monoisotopic (exact) mass is 547 g/mol. The summed E-state index contributed by atoms with van der Waals surface area (Å²) in [6.07, 6.45) is 7.83. The largest absolute Gasteiger partial charge is 0.384 e. The number of primary amides is 1. The van der Waals surface area contributed by atoms with E-state index >= 15 is 0 Å². The number of aromatic nitrogens is 3. The molecule has 3 amide bonds. The van der Waals surface area contributed by atoms with E-state index < -0.39 is 46.9 Å². The van der Waals surface area contributed by atoms with Gasteiger partial charge < -0.3 is 31.5 Å². The van der Waals surface area contributed by atoms with Crippen LogP contribution in [0.4, 0.5) is 0 Å². The standard InChI is InChI=1S/C26H41N7O6/c1-25(2,38)20-14-29-31-33(20)17-13-19(23(36)30-26(21(34)22(28)35)8-10-39-11-9-26)32(15-17)24(37)18(27)12-16-6-4-3-5-7-16/h14,16-19,38H,3-13,15,27H2,1-2H3,(H2,28,35)(H,30,36)/t17?,18-,19+/m1/s1. The predicted molar refractivity (Wildman–Crippen MR) is 139 cm³/mol. The summed E-state index contributed by atoms with van der Waals surface area (Å²) >= 11 is 0. The van der Waals surface area contributed by atoms with Crippen LogP contribution in [0.1, 0.15) is 83.4 Å². The van der Waals surface area contributed by atoms with Crippen molar-refractivity contribution in [2.75, 3.05) is 19.8 Å². The Labute approximate surface area is 228 Å². The van der Waals surface area contributed by atoms with Crippen LogP contribution in [0, 0.1) is 5.92 Å². The molecule has 1 aliphatic carbocycles. The summed E-state index contributed by atoms with van der Waals surface area (Å²) in [5.74, 6) is -2.59. The lowest BCUT2D eigenvalue weighted by molar-refractivity contribution is -0.147. The van der Waals surface area contributed by atoms with Crippen LogP contribution in [-0.2, 0) is 29.5 Å². The van der Waals surface area contributed by atoms with Crippen LogP contribution in [0.2, 0.25) is 0 Å². The van der Waals surface area contributed by atoms with Gasteiger partial charge in [0.25, 0.3) is 5.91 Å². The molecule has 1 unspecified atom stereocenters. The highest BCUT2D eigenvalue weighted by atomic mass is 16.5. The smallest absolute Gasteiger partial charge is 0.287 e. The first-order valence-corrected chi connectivity index (χ1v) is 13.9. The molecule has 4 rings (SSSR count). The molecule has 13 nitrogen and oxygen atoms in total. The molecule has 0 aromatic carbocycles. The van der Waals surface area contributed by atoms with Crippen molar-refractivity contribution in [2.24, 2.45) is 17.4 Å². The molecule has 3 heterocycles. The maximum Gasteiger partial charge on any atom is 0.287 e. The Morgan fingerprint density at radius 1 is 1.21 bits per heavy atom. The van der Waals surface area contributed by atoms with Crippen molar-refractivity contribution in [2.45, 2.75) is 101 Å². The van der Waals surface area contributed by atoms with Gasteiger partial charge in [0.2, 0.25) is 17.6 Å². The van der Waals surface area contributed by atoms with Crippen molar-refractivity contribution >= 4 is 23.5 Å². The first kappa shape index (κ1) is 29.1. The number of Topliss-reactive ketones (excluding diaryl/α,β-unsaturated/α-hetero) is 1. The molecule has 1 aromatic rings. The van der Waals surface area contributed by atoms with Gasteiger partial charge in [0.15, 0.2) is 0 Å². The average molecular weight is 548 g/mol. The number of ketones is 1. The number of carbonyl (C=O) groups is 4.